The predicted octanol–water partition coefficient (Wildman–Crippen LogP) is 3.46. The van der Waals surface area contributed by atoms with Crippen LogP contribution in [0.4, 0.5) is 0 Å². The summed E-state index contributed by atoms with van der Waals surface area (Å²) in [6, 6.07) is 5.22. The molecule has 0 aliphatic carbocycles. The van der Waals surface area contributed by atoms with Crippen LogP contribution in [0.25, 0.3) is 0 Å². The number of benzene rings is 1. The van der Waals surface area contributed by atoms with Gasteiger partial charge >= 0.3 is 0 Å². The molecule has 1 rings (SSSR count). The van der Waals surface area contributed by atoms with Gasteiger partial charge in [0.25, 0.3) is 0 Å². The topological polar surface area (TPSA) is 35.5 Å². The number of carbonyl (C=O) groups excluding carboxylic acids is 1. The average Bonchev–Trinajstić information content (AvgIpc) is 2.24. The van der Waals surface area contributed by atoms with Crippen LogP contribution >= 0.6 is 15.9 Å². The molecular formula is C13H17BrO3. The lowest BCUT2D eigenvalue weighted by Gasteiger charge is -2.19. The second-order valence-electron chi connectivity index (χ2n) is 4.62. The van der Waals surface area contributed by atoms with Crippen molar-refractivity contribution in [2.75, 3.05) is 13.2 Å². The Morgan fingerprint density at radius 1 is 1.29 bits per heavy atom. The van der Waals surface area contributed by atoms with Crippen LogP contribution in [0, 0.1) is 0 Å². The van der Waals surface area contributed by atoms with Crippen molar-refractivity contribution in [3.05, 3.63) is 28.2 Å². The van der Waals surface area contributed by atoms with Crippen LogP contribution in [0.1, 0.15) is 31.1 Å². The molecule has 0 radical (unpaired) electrons. The summed E-state index contributed by atoms with van der Waals surface area (Å²) in [5.74, 6) is 0.716. The maximum Gasteiger partial charge on any atom is 0.150 e. The lowest BCUT2D eigenvalue weighted by molar-refractivity contribution is -0.0163. The summed E-state index contributed by atoms with van der Waals surface area (Å²) in [4.78, 5) is 10.6. The molecule has 0 spiro atoms. The second-order valence-corrected chi connectivity index (χ2v) is 5.47. The van der Waals surface area contributed by atoms with Crippen molar-refractivity contribution >= 4 is 22.2 Å². The van der Waals surface area contributed by atoms with Gasteiger partial charge in [-0.3, -0.25) is 4.79 Å². The van der Waals surface area contributed by atoms with Gasteiger partial charge in [0.15, 0.2) is 0 Å². The molecule has 0 aliphatic heterocycles. The van der Waals surface area contributed by atoms with E-state index in [1.165, 1.54) is 0 Å². The zero-order valence-electron chi connectivity index (χ0n) is 10.3. The van der Waals surface area contributed by atoms with Crippen LogP contribution in [0.5, 0.6) is 5.75 Å². The molecule has 17 heavy (non-hydrogen) atoms. The summed E-state index contributed by atoms with van der Waals surface area (Å²) >= 11 is 3.35. The zero-order valence-corrected chi connectivity index (χ0v) is 11.9. The summed E-state index contributed by atoms with van der Waals surface area (Å²) in [5, 5.41) is 0. The number of hydrogen-bond donors (Lipinski definition) is 0. The van der Waals surface area contributed by atoms with Crippen molar-refractivity contribution in [2.24, 2.45) is 0 Å². The highest BCUT2D eigenvalue weighted by molar-refractivity contribution is 9.10. The summed E-state index contributed by atoms with van der Waals surface area (Å²) in [6.45, 7) is 7.02. The van der Waals surface area contributed by atoms with Crippen LogP contribution in [0.15, 0.2) is 22.7 Å². The van der Waals surface area contributed by atoms with Gasteiger partial charge in [0.1, 0.15) is 18.6 Å². The zero-order chi connectivity index (χ0) is 12.9. The van der Waals surface area contributed by atoms with Gasteiger partial charge in [-0.25, -0.2) is 0 Å². The Morgan fingerprint density at radius 3 is 2.53 bits per heavy atom. The number of aldehydes is 1. The first-order valence-corrected chi connectivity index (χ1v) is 6.23. The van der Waals surface area contributed by atoms with Crippen molar-refractivity contribution in [3.63, 3.8) is 0 Å². The summed E-state index contributed by atoms with van der Waals surface area (Å²) in [6.07, 6.45) is 0.803. The van der Waals surface area contributed by atoms with E-state index in [1.54, 1.807) is 18.2 Å². The Hall–Kier alpha value is -0.870. The molecule has 0 heterocycles. The molecule has 0 atom stereocenters. The fraction of sp³-hybridized carbons (Fsp3) is 0.462. The highest BCUT2D eigenvalue weighted by Crippen LogP contribution is 2.25. The van der Waals surface area contributed by atoms with Crippen LogP contribution < -0.4 is 4.74 Å². The number of ether oxygens (including phenoxy) is 2. The van der Waals surface area contributed by atoms with E-state index < -0.39 is 0 Å². The van der Waals surface area contributed by atoms with Crippen molar-refractivity contribution in [3.8, 4) is 5.75 Å². The molecule has 0 aromatic heterocycles. The third kappa shape index (κ3) is 5.33. The third-order valence-electron chi connectivity index (χ3n) is 1.97. The fourth-order valence-electron chi connectivity index (χ4n) is 1.21. The Bertz CT molecular complexity index is 383. The van der Waals surface area contributed by atoms with E-state index >= 15 is 0 Å². The molecule has 0 saturated carbocycles. The maximum atomic E-state index is 10.6. The molecule has 94 valence electrons. The van der Waals surface area contributed by atoms with Gasteiger partial charge in [-0.2, -0.15) is 0 Å². The summed E-state index contributed by atoms with van der Waals surface area (Å²) in [7, 11) is 0. The van der Waals surface area contributed by atoms with E-state index in [2.05, 4.69) is 15.9 Å². The molecular weight excluding hydrogens is 284 g/mol. The number of halogens is 1. The van der Waals surface area contributed by atoms with Gasteiger partial charge in [0.2, 0.25) is 0 Å². The molecule has 0 amide bonds. The first-order valence-electron chi connectivity index (χ1n) is 5.44. The normalized spacial score (nSPS) is 11.3. The molecule has 0 fully saturated rings. The second kappa shape index (κ2) is 6.17. The van der Waals surface area contributed by atoms with Crippen molar-refractivity contribution in [1.82, 2.24) is 0 Å². The first-order chi connectivity index (χ1) is 7.92. The van der Waals surface area contributed by atoms with E-state index in [1.807, 2.05) is 20.8 Å². The van der Waals surface area contributed by atoms with E-state index in [4.69, 9.17) is 9.47 Å². The van der Waals surface area contributed by atoms with E-state index in [9.17, 15) is 4.79 Å². The van der Waals surface area contributed by atoms with Crippen molar-refractivity contribution < 1.29 is 14.3 Å². The number of hydrogen-bond acceptors (Lipinski definition) is 3. The van der Waals surface area contributed by atoms with Gasteiger partial charge in [-0.1, -0.05) is 0 Å². The van der Waals surface area contributed by atoms with Gasteiger partial charge in [-0.15, -0.1) is 0 Å². The van der Waals surface area contributed by atoms with Gasteiger partial charge in [-0.05, 0) is 54.9 Å². The first kappa shape index (κ1) is 14.2. The van der Waals surface area contributed by atoms with Crippen LogP contribution in [0.3, 0.4) is 0 Å². The monoisotopic (exact) mass is 300 g/mol. The molecule has 0 aliphatic rings. The molecule has 0 N–H and O–H groups in total. The van der Waals surface area contributed by atoms with Crippen LogP contribution in [-0.4, -0.2) is 25.1 Å². The number of carbonyl (C=O) groups is 1. The lowest BCUT2D eigenvalue weighted by Crippen LogP contribution is -2.22. The molecule has 0 saturated heterocycles. The molecule has 1 aromatic rings. The SMILES string of the molecule is CC(C)(C)OCCOc1ccc(C=O)cc1Br. The average molecular weight is 301 g/mol. The lowest BCUT2D eigenvalue weighted by atomic mass is 10.2. The predicted molar refractivity (Wildman–Crippen MR) is 70.7 cm³/mol. The maximum absolute atomic E-state index is 10.6. The summed E-state index contributed by atoms with van der Waals surface area (Å²) < 4.78 is 11.9. The molecule has 0 bridgehead atoms. The molecule has 0 unspecified atom stereocenters. The molecule has 1 aromatic carbocycles. The van der Waals surface area contributed by atoms with Crippen LogP contribution in [0.2, 0.25) is 0 Å². The summed E-state index contributed by atoms with van der Waals surface area (Å²) in [5.41, 5.74) is 0.470. The van der Waals surface area contributed by atoms with Gasteiger partial charge < -0.3 is 9.47 Å². The minimum absolute atomic E-state index is 0.151. The van der Waals surface area contributed by atoms with Gasteiger partial charge in [0.05, 0.1) is 16.7 Å². The molecule has 3 nitrogen and oxygen atoms in total. The Kier molecular flexibility index (Phi) is 5.15. The standard InChI is InChI=1S/C13H17BrO3/c1-13(2,3)17-7-6-16-12-5-4-10(9-15)8-11(12)14/h4-5,8-9H,6-7H2,1-3H3. The smallest absolute Gasteiger partial charge is 0.150 e. The number of rotatable bonds is 5. The Morgan fingerprint density at radius 2 is 2.00 bits per heavy atom. The fourth-order valence-corrected chi connectivity index (χ4v) is 1.72. The molecule has 4 heteroatoms. The Labute approximate surface area is 110 Å². The Balaban J connectivity index is 2.44. The van der Waals surface area contributed by atoms with Gasteiger partial charge in [0, 0.05) is 5.56 Å². The third-order valence-corrected chi connectivity index (χ3v) is 2.59. The largest absolute Gasteiger partial charge is 0.490 e. The highest BCUT2D eigenvalue weighted by Gasteiger charge is 2.09. The van der Waals surface area contributed by atoms with E-state index in [0.717, 1.165) is 10.8 Å². The van der Waals surface area contributed by atoms with E-state index in [-0.39, 0.29) is 5.60 Å². The minimum Gasteiger partial charge on any atom is -0.490 e. The van der Waals surface area contributed by atoms with Crippen molar-refractivity contribution in [1.29, 1.82) is 0 Å². The quantitative estimate of drug-likeness (QED) is 0.617. The van der Waals surface area contributed by atoms with Crippen LogP contribution in [-0.2, 0) is 4.74 Å². The highest BCUT2D eigenvalue weighted by atomic mass is 79.9. The van der Waals surface area contributed by atoms with Crippen molar-refractivity contribution in [2.45, 2.75) is 26.4 Å². The minimum atomic E-state index is -0.151. The van der Waals surface area contributed by atoms with E-state index in [0.29, 0.717) is 24.5 Å².